The Bertz CT molecular complexity index is 529. The zero-order valence-electron chi connectivity index (χ0n) is 13.0. The molecule has 1 N–H and O–H groups in total. The summed E-state index contributed by atoms with van der Waals surface area (Å²) in [5.74, 6) is 0.402. The fraction of sp³-hybridized carbons (Fsp3) is 0.529. The molecule has 1 fully saturated rings. The fourth-order valence-electron chi connectivity index (χ4n) is 2.83. The van der Waals surface area contributed by atoms with Crippen molar-refractivity contribution in [1.82, 2.24) is 5.32 Å². The van der Waals surface area contributed by atoms with Gasteiger partial charge in [-0.2, -0.15) is 0 Å². The smallest absolute Gasteiger partial charge is 0.338 e. The number of esters is 1. The minimum absolute atomic E-state index is 0.188. The molecule has 0 aromatic heterocycles. The monoisotopic (exact) mass is 415 g/mol. The summed E-state index contributed by atoms with van der Waals surface area (Å²) in [7, 11) is 0. The molecule has 22 heavy (non-hydrogen) atoms. The zero-order chi connectivity index (χ0) is 16.1. The lowest BCUT2D eigenvalue weighted by Crippen LogP contribution is -2.45. The molecule has 1 aromatic carbocycles. The predicted octanol–water partition coefficient (Wildman–Crippen LogP) is 3.39. The van der Waals surface area contributed by atoms with Gasteiger partial charge in [-0.3, -0.25) is 4.79 Å². The molecule has 0 bridgehead atoms. The first-order chi connectivity index (χ1) is 10.5. The second-order valence-electron chi connectivity index (χ2n) is 6.02. The van der Waals surface area contributed by atoms with Crippen molar-refractivity contribution >= 4 is 34.5 Å². The van der Waals surface area contributed by atoms with Crippen LogP contribution in [0.2, 0.25) is 0 Å². The molecule has 1 aromatic rings. The Morgan fingerprint density at radius 2 is 1.91 bits per heavy atom. The Balaban J connectivity index is 1.80. The summed E-state index contributed by atoms with van der Waals surface area (Å²) in [6.07, 6.45) is 3.36. The van der Waals surface area contributed by atoms with E-state index in [1.165, 1.54) is 6.42 Å². The van der Waals surface area contributed by atoms with Crippen LogP contribution in [0.5, 0.6) is 0 Å². The van der Waals surface area contributed by atoms with Gasteiger partial charge in [-0.1, -0.05) is 26.7 Å². The lowest BCUT2D eigenvalue weighted by molar-refractivity contribution is -0.125. The molecule has 120 valence electrons. The molecule has 0 radical (unpaired) electrons. The molecule has 1 aliphatic rings. The summed E-state index contributed by atoms with van der Waals surface area (Å²) in [4.78, 5) is 23.8. The summed E-state index contributed by atoms with van der Waals surface area (Å²) in [5.41, 5.74) is 0.466. The van der Waals surface area contributed by atoms with E-state index in [1.54, 1.807) is 12.1 Å². The van der Waals surface area contributed by atoms with Gasteiger partial charge in [0, 0.05) is 9.61 Å². The van der Waals surface area contributed by atoms with Gasteiger partial charge in [-0.05, 0) is 65.1 Å². The largest absolute Gasteiger partial charge is 0.452 e. The average Bonchev–Trinajstić information content (AvgIpc) is 2.50. The lowest BCUT2D eigenvalue weighted by Gasteiger charge is -2.34. The Labute approximate surface area is 145 Å². The highest BCUT2D eigenvalue weighted by molar-refractivity contribution is 14.1. The summed E-state index contributed by atoms with van der Waals surface area (Å²) in [5, 5.41) is 3.00. The highest BCUT2D eigenvalue weighted by Crippen LogP contribution is 2.29. The molecular formula is C17H22INO3. The Morgan fingerprint density at radius 1 is 1.23 bits per heavy atom. The number of hydrogen-bond donors (Lipinski definition) is 1. The van der Waals surface area contributed by atoms with Gasteiger partial charge in [0.15, 0.2) is 6.61 Å². The van der Waals surface area contributed by atoms with E-state index in [9.17, 15) is 9.59 Å². The minimum atomic E-state index is -0.461. The van der Waals surface area contributed by atoms with Gasteiger partial charge in [-0.25, -0.2) is 4.79 Å². The number of benzene rings is 1. The van der Waals surface area contributed by atoms with Crippen LogP contribution < -0.4 is 5.32 Å². The number of nitrogens with one attached hydrogen (secondary N) is 1. The number of carbonyl (C=O) groups excluding carboxylic acids is 2. The topological polar surface area (TPSA) is 55.4 Å². The molecule has 0 aliphatic heterocycles. The van der Waals surface area contributed by atoms with Crippen LogP contribution in [0.4, 0.5) is 0 Å². The standard InChI is InChI=1S/C17H22INO3/c1-11-4-3-5-15(12(11)2)19-16(20)10-22-17(21)13-6-8-14(18)9-7-13/h6-9,11-12,15H,3-5,10H2,1-2H3,(H,19,20)/t11-,12+,15+/m1/s1. The third-order valence-electron chi connectivity index (χ3n) is 4.47. The highest BCUT2D eigenvalue weighted by Gasteiger charge is 2.28. The Morgan fingerprint density at radius 3 is 2.59 bits per heavy atom. The number of amides is 1. The van der Waals surface area contributed by atoms with Crippen molar-refractivity contribution in [3.63, 3.8) is 0 Å². The van der Waals surface area contributed by atoms with Gasteiger partial charge in [0.05, 0.1) is 5.56 Å². The molecule has 2 rings (SSSR count). The predicted molar refractivity (Wildman–Crippen MR) is 93.6 cm³/mol. The van der Waals surface area contributed by atoms with Crippen molar-refractivity contribution in [3.8, 4) is 0 Å². The molecule has 0 spiro atoms. The molecule has 1 amide bonds. The first kappa shape index (κ1) is 17.2. The van der Waals surface area contributed by atoms with Crippen LogP contribution in [0.15, 0.2) is 24.3 Å². The third kappa shape index (κ3) is 4.69. The van der Waals surface area contributed by atoms with Crippen molar-refractivity contribution in [1.29, 1.82) is 0 Å². The van der Waals surface area contributed by atoms with Crippen LogP contribution >= 0.6 is 22.6 Å². The van der Waals surface area contributed by atoms with Crippen molar-refractivity contribution in [3.05, 3.63) is 33.4 Å². The number of rotatable bonds is 4. The van der Waals surface area contributed by atoms with Gasteiger partial charge in [0.25, 0.3) is 5.91 Å². The maximum atomic E-state index is 12.0. The van der Waals surface area contributed by atoms with Crippen LogP contribution in [0.25, 0.3) is 0 Å². The molecule has 0 saturated heterocycles. The normalized spacial score (nSPS) is 24.6. The van der Waals surface area contributed by atoms with E-state index in [4.69, 9.17) is 4.74 Å². The minimum Gasteiger partial charge on any atom is -0.452 e. The summed E-state index contributed by atoms with van der Waals surface area (Å²) in [6.45, 7) is 4.18. The Hall–Kier alpha value is -1.11. The molecule has 4 nitrogen and oxygen atoms in total. The second-order valence-corrected chi connectivity index (χ2v) is 7.27. The number of halogens is 1. The molecule has 5 heteroatoms. The van der Waals surface area contributed by atoms with E-state index in [1.807, 2.05) is 12.1 Å². The first-order valence-corrected chi connectivity index (χ1v) is 8.77. The molecule has 0 unspecified atom stereocenters. The van der Waals surface area contributed by atoms with Crippen LogP contribution in [0.3, 0.4) is 0 Å². The van der Waals surface area contributed by atoms with E-state index in [0.717, 1.165) is 16.4 Å². The van der Waals surface area contributed by atoms with E-state index < -0.39 is 5.97 Å². The highest BCUT2D eigenvalue weighted by atomic mass is 127. The van der Waals surface area contributed by atoms with Crippen molar-refractivity contribution < 1.29 is 14.3 Å². The van der Waals surface area contributed by atoms with E-state index in [2.05, 4.69) is 41.8 Å². The molecule has 1 aliphatic carbocycles. The summed E-state index contributed by atoms with van der Waals surface area (Å²) < 4.78 is 6.13. The van der Waals surface area contributed by atoms with Gasteiger partial charge in [-0.15, -0.1) is 0 Å². The van der Waals surface area contributed by atoms with E-state index >= 15 is 0 Å². The summed E-state index contributed by atoms with van der Waals surface area (Å²) >= 11 is 2.17. The van der Waals surface area contributed by atoms with Gasteiger partial charge >= 0.3 is 5.97 Å². The third-order valence-corrected chi connectivity index (χ3v) is 5.19. The second kappa shape index (κ2) is 7.94. The maximum absolute atomic E-state index is 12.0. The zero-order valence-corrected chi connectivity index (χ0v) is 15.1. The van der Waals surface area contributed by atoms with Gasteiger partial charge < -0.3 is 10.1 Å². The van der Waals surface area contributed by atoms with Crippen molar-refractivity contribution in [2.75, 3.05) is 6.61 Å². The van der Waals surface area contributed by atoms with E-state index in [-0.39, 0.29) is 18.6 Å². The molecule has 3 atom stereocenters. The molecule has 0 heterocycles. The number of hydrogen-bond acceptors (Lipinski definition) is 3. The van der Waals surface area contributed by atoms with Gasteiger partial charge in [0.1, 0.15) is 0 Å². The van der Waals surface area contributed by atoms with Crippen molar-refractivity contribution in [2.24, 2.45) is 11.8 Å². The number of ether oxygens (including phenoxy) is 1. The van der Waals surface area contributed by atoms with Crippen LogP contribution in [-0.2, 0) is 9.53 Å². The molecule has 1 saturated carbocycles. The molecular weight excluding hydrogens is 393 g/mol. The maximum Gasteiger partial charge on any atom is 0.338 e. The summed E-state index contributed by atoms with van der Waals surface area (Å²) in [6, 6.07) is 7.26. The SMILES string of the molecule is C[C@H]1[C@H](C)CCC[C@@H]1NC(=O)COC(=O)c1ccc(I)cc1. The lowest BCUT2D eigenvalue weighted by atomic mass is 9.78. The van der Waals surface area contributed by atoms with Crippen LogP contribution in [0, 0.1) is 15.4 Å². The fourth-order valence-corrected chi connectivity index (χ4v) is 3.19. The van der Waals surface area contributed by atoms with Crippen LogP contribution in [-0.4, -0.2) is 24.5 Å². The Kier molecular flexibility index (Phi) is 6.23. The quantitative estimate of drug-likeness (QED) is 0.606. The first-order valence-electron chi connectivity index (χ1n) is 7.69. The number of carbonyl (C=O) groups is 2. The van der Waals surface area contributed by atoms with Crippen molar-refractivity contribution in [2.45, 2.75) is 39.2 Å². The van der Waals surface area contributed by atoms with E-state index in [0.29, 0.717) is 17.4 Å². The van der Waals surface area contributed by atoms with Gasteiger partial charge in [0.2, 0.25) is 0 Å². The van der Waals surface area contributed by atoms with Crippen LogP contribution in [0.1, 0.15) is 43.5 Å². The average molecular weight is 415 g/mol.